The molecule has 4 heterocycles. The first-order chi connectivity index (χ1) is 16.1. The molecule has 2 unspecified atom stereocenters. The van der Waals surface area contributed by atoms with Crippen LogP contribution in [0.5, 0.6) is 28.9 Å². The van der Waals surface area contributed by atoms with Crippen molar-refractivity contribution in [1.29, 1.82) is 0 Å². The van der Waals surface area contributed by atoms with Gasteiger partial charge in [-0.05, 0) is 47.7 Å². The highest BCUT2D eigenvalue weighted by molar-refractivity contribution is 5.56. The standard InChI is InChI=1S/C24H23N3O6/c1-30-20-4-2-14-8-19-17-10-22-21(31-13-32-22)9-15(17)6-7-26(19)12-18(14)24(20)33-23-5-3-16(11-25-23)27(28)29/h2-5,9-11,19,27-28H,6-8,12-13H2,1H3. The van der Waals surface area contributed by atoms with Crippen LogP contribution >= 0.6 is 0 Å². The molecule has 9 nitrogen and oxygen atoms in total. The number of nitrogens with one attached hydrogen (secondary N) is 1. The van der Waals surface area contributed by atoms with E-state index in [4.69, 9.17) is 24.2 Å². The highest BCUT2D eigenvalue weighted by atomic mass is 16.8. The molecule has 6 rings (SSSR count). The van der Waals surface area contributed by atoms with Gasteiger partial charge in [-0.3, -0.25) is 4.90 Å². The Labute approximate surface area is 190 Å². The van der Waals surface area contributed by atoms with Gasteiger partial charge in [-0.1, -0.05) is 6.07 Å². The van der Waals surface area contributed by atoms with Crippen molar-refractivity contribution in [3.8, 4) is 28.9 Å². The zero-order valence-corrected chi connectivity index (χ0v) is 18.0. The molecule has 2 aromatic carbocycles. The highest BCUT2D eigenvalue weighted by Gasteiger charge is 2.35. The zero-order chi connectivity index (χ0) is 22.5. The molecule has 3 aromatic rings. The SMILES string of the molecule is COc1ccc2c(c1Oc1ccc([NH+]([O-])O)cn1)CN1CCc3cc4c(cc3C1C2)OCO4. The van der Waals surface area contributed by atoms with Crippen LogP contribution in [0.4, 0.5) is 5.69 Å². The lowest BCUT2D eigenvalue weighted by molar-refractivity contribution is -0.991. The van der Waals surface area contributed by atoms with Crippen molar-refractivity contribution in [2.24, 2.45) is 0 Å². The largest absolute Gasteiger partial charge is 0.595 e. The Kier molecular flexibility index (Phi) is 4.84. The Bertz CT molecular complexity index is 1210. The quantitative estimate of drug-likeness (QED) is 0.587. The number of pyridine rings is 1. The second kappa shape index (κ2) is 7.89. The van der Waals surface area contributed by atoms with Crippen LogP contribution in [0.15, 0.2) is 42.6 Å². The fourth-order valence-electron chi connectivity index (χ4n) is 4.94. The molecule has 33 heavy (non-hydrogen) atoms. The normalized spacial score (nSPS) is 19.3. The summed E-state index contributed by atoms with van der Waals surface area (Å²) in [6.45, 7) is 1.92. The molecule has 1 aromatic heterocycles. The zero-order valence-electron chi connectivity index (χ0n) is 18.0. The molecule has 9 heteroatoms. The fourth-order valence-corrected chi connectivity index (χ4v) is 4.94. The minimum Gasteiger partial charge on any atom is -0.595 e. The van der Waals surface area contributed by atoms with Gasteiger partial charge < -0.3 is 24.2 Å². The van der Waals surface area contributed by atoms with E-state index in [9.17, 15) is 5.21 Å². The second-order valence-electron chi connectivity index (χ2n) is 8.37. The summed E-state index contributed by atoms with van der Waals surface area (Å²) in [4.78, 5) is 6.62. The molecular formula is C24H23N3O6. The lowest BCUT2D eigenvalue weighted by Gasteiger charge is -2.42. The van der Waals surface area contributed by atoms with Gasteiger partial charge in [-0.25, -0.2) is 10.2 Å². The summed E-state index contributed by atoms with van der Waals surface area (Å²) in [6.07, 6.45) is 3.07. The van der Waals surface area contributed by atoms with Gasteiger partial charge in [0, 0.05) is 36.8 Å². The summed E-state index contributed by atoms with van der Waals surface area (Å²) in [6, 6.07) is 11.6. The van der Waals surface area contributed by atoms with Gasteiger partial charge in [0.15, 0.2) is 28.7 Å². The van der Waals surface area contributed by atoms with E-state index in [0.29, 0.717) is 23.9 Å². The van der Waals surface area contributed by atoms with Crippen LogP contribution in [0.25, 0.3) is 0 Å². The molecule has 0 aliphatic carbocycles. The lowest BCUT2D eigenvalue weighted by atomic mass is 9.83. The van der Waals surface area contributed by atoms with Crippen molar-refractivity contribution >= 4 is 5.69 Å². The Hall–Kier alpha value is -3.37. The summed E-state index contributed by atoms with van der Waals surface area (Å²) in [5.41, 5.74) is 4.98. The number of methoxy groups -OCH3 is 1. The Balaban J connectivity index is 1.35. The van der Waals surface area contributed by atoms with Crippen LogP contribution in [-0.4, -0.2) is 35.5 Å². The van der Waals surface area contributed by atoms with Crippen molar-refractivity contribution in [1.82, 2.24) is 9.88 Å². The van der Waals surface area contributed by atoms with Crippen LogP contribution in [0.2, 0.25) is 0 Å². The predicted octanol–water partition coefficient (Wildman–Crippen LogP) is 2.67. The van der Waals surface area contributed by atoms with Crippen LogP contribution in [0.1, 0.15) is 28.3 Å². The summed E-state index contributed by atoms with van der Waals surface area (Å²) in [5, 5.41) is 19.2. The molecule has 3 aliphatic heterocycles. The highest BCUT2D eigenvalue weighted by Crippen LogP contribution is 2.47. The molecule has 0 saturated heterocycles. The second-order valence-corrected chi connectivity index (χ2v) is 8.37. The van der Waals surface area contributed by atoms with E-state index in [-0.39, 0.29) is 18.5 Å². The number of quaternary nitrogens is 1. The van der Waals surface area contributed by atoms with Gasteiger partial charge in [0.05, 0.1) is 13.3 Å². The van der Waals surface area contributed by atoms with Crippen LogP contribution in [-0.2, 0) is 19.4 Å². The average Bonchev–Trinajstić information content (AvgIpc) is 3.29. The minimum absolute atomic E-state index is 0.111. The summed E-state index contributed by atoms with van der Waals surface area (Å²) in [7, 11) is 1.61. The molecule has 0 bridgehead atoms. The van der Waals surface area contributed by atoms with Gasteiger partial charge in [-0.15, -0.1) is 0 Å². The topological polar surface area (TPSA) is 101 Å². The Morgan fingerprint density at radius 2 is 2.00 bits per heavy atom. The number of benzene rings is 2. The number of ether oxygens (including phenoxy) is 4. The Morgan fingerprint density at radius 3 is 2.76 bits per heavy atom. The summed E-state index contributed by atoms with van der Waals surface area (Å²) >= 11 is 0. The minimum atomic E-state index is -1.03. The third kappa shape index (κ3) is 3.46. The van der Waals surface area contributed by atoms with E-state index in [0.717, 1.165) is 36.4 Å². The molecule has 2 atom stereocenters. The fraction of sp³-hybridized carbons (Fsp3) is 0.292. The van der Waals surface area contributed by atoms with Crippen molar-refractivity contribution in [2.45, 2.75) is 25.4 Å². The molecule has 2 N–H and O–H groups in total. The monoisotopic (exact) mass is 449 g/mol. The van der Waals surface area contributed by atoms with Crippen LogP contribution in [0.3, 0.4) is 0 Å². The average molecular weight is 449 g/mol. The van der Waals surface area contributed by atoms with Crippen molar-refractivity contribution < 1.29 is 29.4 Å². The number of rotatable bonds is 4. The maximum Gasteiger partial charge on any atom is 0.231 e. The van der Waals surface area contributed by atoms with E-state index in [2.05, 4.69) is 28.1 Å². The lowest BCUT2D eigenvalue weighted by Crippen LogP contribution is -2.99. The molecule has 3 aliphatic rings. The first kappa shape index (κ1) is 20.3. The molecule has 0 saturated carbocycles. The van der Waals surface area contributed by atoms with E-state index in [1.807, 2.05) is 6.07 Å². The third-order valence-corrected chi connectivity index (χ3v) is 6.61. The molecule has 170 valence electrons. The van der Waals surface area contributed by atoms with E-state index >= 15 is 0 Å². The van der Waals surface area contributed by atoms with Crippen LogP contribution in [0, 0.1) is 5.21 Å². The first-order valence-corrected chi connectivity index (χ1v) is 10.8. The molecule has 0 radical (unpaired) electrons. The smallest absolute Gasteiger partial charge is 0.231 e. The maximum atomic E-state index is 11.1. The summed E-state index contributed by atoms with van der Waals surface area (Å²) in [5.74, 6) is 3.22. The van der Waals surface area contributed by atoms with Gasteiger partial charge in [0.1, 0.15) is 0 Å². The number of aromatic nitrogens is 1. The van der Waals surface area contributed by atoms with Crippen molar-refractivity contribution in [3.05, 3.63) is 70.1 Å². The maximum absolute atomic E-state index is 11.1. The number of hydrogen-bond donors (Lipinski definition) is 2. The van der Waals surface area contributed by atoms with Gasteiger partial charge in [0.2, 0.25) is 12.7 Å². The molecular weight excluding hydrogens is 426 g/mol. The van der Waals surface area contributed by atoms with Crippen molar-refractivity contribution in [3.63, 3.8) is 0 Å². The van der Waals surface area contributed by atoms with Crippen LogP contribution < -0.4 is 24.2 Å². The van der Waals surface area contributed by atoms with Gasteiger partial charge in [-0.2, -0.15) is 5.23 Å². The first-order valence-electron chi connectivity index (χ1n) is 10.8. The molecule has 0 spiro atoms. The van der Waals surface area contributed by atoms with Gasteiger partial charge >= 0.3 is 0 Å². The molecule has 0 amide bonds. The number of fused-ring (bicyclic) bond motifs is 5. The third-order valence-electron chi connectivity index (χ3n) is 6.61. The summed E-state index contributed by atoms with van der Waals surface area (Å²) < 4.78 is 22.9. The molecule has 0 fully saturated rings. The van der Waals surface area contributed by atoms with E-state index in [1.165, 1.54) is 29.0 Å². The van der Waals surface area contributed by atoms with E-state index in [1.54, 1.807) is 13.2 Å². The van der Waals surface area contributed by atoms with E-state index < -0.39 is 5.23 Å². The predicted molar refractivity (Wildman–Crippen MR) is 116 cm³/mol. The van der Waals surface area contributed by atoms with Crippen molar-refractivity contribution in [2.75, 3.05) is 20.4 Å². The Morgan fingerprint density at radius 1 is 1.15 bits per heavy atom. The number of hydrogen-bond acceptors (Lipinski definition) is 8. The number of nitrogens with zero attached hydrogens (tertiary/aromatic N) is 2. The van der Waals surface area contributed by atoms with Gasteiger partial charge in [0.25, 0.3) is 0 Å².